The van der Waals surface area contributed by atoms with E-state index in [1.165, 1.54) is 10.9 Å². The van der Waals surface area contributed by atoms with E-state index in [1.54, 1.807) is 11.8 Å². The third-order valence-electron chi connectivity index (χ3n) is 3.21. The first-order chi connectivity index (χ1) is 10.4. The van der Waals surface area contributed by atoms with E-state index in [0.717, 1.165) is 21.9 Å². The van der Waals surface area contributed by atoms with Gasteiger partial charge in [0, 0.05) is 22.2 Å². The molecule has 3 aromatic rings. The molecule has 0 unspecified atom stereocenters. The lowest BCUT2D eigenvalue weighted by Gasteiger charge is -2.03. The summed E-state index contributed by atoms with van der Waals surface area (Å²) in [4.78, 5) is 3.42. The van der Waals surface area contributed by atoms with Crippen molar-refractivity contribution in [2.24, 2.45) is 0 Å². The number of thioether (sulfide) groups is 1. The fourth-order valence-electron chi connectivity index (χ4n) is 2.18. The van der Waals surface area contributed by atoms with Gasteiger partial charge in [0.1, 0.15) is 6.61 Å². The van der Waals surface area contributed by atoms with Crippen molar-refractivity contribution in [3.8, 4) is 11.8 Å². The second-order valence-corrected chi connectivity index (χ2v) is 5.64. The van der Waals surface area contributed by atoms with Crippen molar-refractivity contribution in [3.05, 3.63) is 65.7 Å². The van der Waals surface area contributed by atoms with Gasteiger partial charge >= 0.3 is 0 Å². The molecule has 21 heavy (non-hydrogen) atoms. The lowest BCUT2D eigenvalue weighted by Crippen LogP contribution is -1.87. The van der Waals surface area contributed by atoms with Crippen LogP contribution in [0.25, 0.3) is 10.9 Å². The molecule has 0 radical (unpaired) electrons. The van der Waals surface area contributed by atoms with Gasteiger partial charge in [0.25, 0.3) is 0 Å². The zero-order valence-electron chi connectivity index (χ0n) is 11.5. The molecule has 3 heteroatoms. The van der Waals surface area contributed by atoms with Crippen LogP contribution in [0.5, 0.6) is 0 Å². The summed E-state index contributed by atoms with van der Waals surface area (Å²) in [6.45, 7) is -0.108. The highest BCUT2D eigenvalue weighted by Gasteiger charge is 2.03. The molecule has 1 aromatic heterocycles. The Hall–Kier alpha value is -2.15. The molecule has 0 bridgehead atoms. The van der Waals surface area contributed by atoms with E-state index < -0.39 is 0 Å². The standard InChI is InChI=1S/C18H15NOS/c20-11-5-9-14-6-1-2-8-16(14)13-21-18-12-15-7-3-4-10-17(15)19-18/h1-4,6-8,10,12,19-20H,11,13H2. The second kappa shape index (κ2) is 6.53. The van der Waals surface area contributed by atoms with Crippen LogP contribution in [0, 0.1) is 11.8 Å². The van der Waals surface area contributed by atoms with Gasteiger partial charge < -0.3 is 10.1 Å². The number of hydrogen-bond acceptors (Lipinski definition) is 2. The molecule has 0 amide bonds. The van der Waals surface area contributed by atoms with E-state index in [1.807, 2.05) is 30.3 Å². The van der Waals surface area contributed by atoms with Crippen molar-refractivity contribution in [1.29, 1.82) is 0 Å². The average molecular weight is 293 g/mol. The third kappa shape index (κ3) is 3.30. The maximum Gasteiger partial charge on any atom is 0.104 e. The number of aromatic nitrogens is 1. The molecule has 1 heterocycles. The predicted molar refractivity (Wildman–Crippen MR) is 88.3 cm³/mol. The van der Waals surface area contributed by atoms with E-state index >= 15 is 0 Å². The van der Waals surface area contributed by atoms with E-state index in [9.17, 15) is 0 Å². The summed E-state index contributed by atoms with van der Waals surface area (Å²) in [6, 6.07) is 18.5. The van der Waals surface area contributed by atoms with Crippen LogP contribution in [0.1, 0.15) is 11.1 Å². The Balaban J connectivity index is 1.78. The molecule has 104 valence electrons. The van der Waals surface area contributed by atoms with Gasteiger partial charge in [-0.2, -0.15) is 0 Å². The highest BCUT2D eigenvalue weighted by molar-refractivity contribution is 7.98. The topological polar surface area (TPSA) is 36.0 Å². The van der Waals surface area contributed by atoms with Crippen molar-refractivity contribution in [1.82, 2.24) is 4.98 Å². The van der Waals surface area contributed by atoms with Crippen molar-refractivity contribution in [2.45, 2.75) is 10.8 Å². The SMILES string of the molecule is OCC#Cc1ccccc1CSc1cc2ccccc2[nH]1. The zero-order valence-corrected chi connectivity index (χ0v) is 12.3. The number of aromatic amines is 1. The Labute approximate surface area is 128 Å². The summed E-state index contributed by atoms with van der Waals surface area (Å²) in [5, 5.41) is 11.2. The van der Waals surface area contributed by atoms with Gasteiger partial charge in [0.2, 0.25) is 0 Å². The predicted octanol–water partition coefficient (Wildman–Crippen LogP) is 3.80. The summed E-state index contributed by atoms with van der Waals surface area (Å²) < 4.78 is 0. The first kappa shape index (κ1) is 13.8. The summed E-state index contributed by atoms with van der Waals surface area (Å²) in [5.74, 6) is 6.57. The number of benzene rings is 2. The Morgan fingerprint density at radius 1 is 1.05 bits per heavy atom. The van der Waals surface area contributed by atoms with Crippen molar-refractivity contribution in [2.75, 3.05) is 6.61 Å². The molecule has 0 aliphatic heterocycles. The number of hydrogen-bond donors (Lipinski definition) is 2. The van der Waals surface area contributed by atoms with Crippen LogP contribution in [0.2, 0.25) is 0 Å². The quantitative estimate of drug-likeness (QED) is 0.569. The van der Waals surface area contributed by atoms with E-state index in [2.05, 4.69) is 41.1 Å². The molecule has 0 aliphatic rings. The number of nitrogens with one attached hydrogen (secondary N) is 1. The fourth-order valence-corrected chi connectivity index (χ4v) is 3.14. The van der Waals surface area contributed by atoms with Crippen LogP contribution in [0.15, 0.2) is 59.6 Å². The minimum atomic E-state index is -0.108. The summed E-state index contributed by atoms with van der Waals surface area (Å²) in [5.41, 5.74) is 3.32. The highest BCUT2D eigenvalue weighted by Crippen LogP contribution is 2.27. The molecular formula is C18H15NOS. The molecule has 0 atom stereocenters. The molecule has 0 saturated carbocycles. The maximum absolute atomic E-state index is 8.82. The number of H-pyrrole nitrogens is 1. The van der Waals surface area contributed by atoms with Crippen molar-refractivity contribution < 1.29 is 5.11 Å². The normalized spacial score (nSPS) is 10.3. The van der Waals surface area contributed by atoms with Gasteiger partial charge in [-0.15, -0.1) is 11.8 Å². The van der Waals surface area contributed by atoms with Crippen molar-refractivity contribution in [3.63, 3.8) is 0 Å². The minimum absolute atomic E-state index is 0.108. The zero-order chi connectivity index (χ0) is 14.5. The molecule has 2 N–H and O–H groups in total. The summed E-state index contributed by atoms with van der Waals surface area (Å²) in [6.07, 6.45) is 0. The Bertz CT molecular complexity index is 777. The van der Waals surface area contributed by atoms with Gasteiger partial charge in [-0.25, -0.2) is 0 Å². The molecular weight excluding hydrogens is 278 g/mol. The first-order valence-electron chi connectivity index (χ1n) is 6.75. The smallest absolute Gasteiger partial charge is 0.104 e. The highest BCUT2D eigenvalue weighted by atomic mass is 32.2. The molecule has 0 aliphatic carbocycles. The lowest BCUT2D eigenvalue weighted by molar-refractivity contribution is 0.350. The van der Waals surface area contributed by atoms with Crippen LogP contribution in [0.4, 0.5) is 0 Å². The van der Waals surface area contributed by atoms with Gasteiger partial charge in [-0.05, 0) is 23.8 Å². The van der Waals surface area contributed by atoms with E-state index in [4.69, 9.17) is 5.11 Å². The fraction of sp³-hybridized carbons (Fsp3) is 0.111. The largest absolute Gasteiger partial charge is 0.384 e. The van der Waals surface area contributed by atoms with Crippen LogP contribution in [-0.4, -0.2) is 16.7 Å². The Morgan fingerprint density at radius 3 is 2.71 bits per heavy atom. The van der Waals surface area contributed by atoms with Gasteiger partial charge in [-0.3, -0.25) is 0 Å². The van der Waals surface area contributed by atoms with Crippen molar-refractivity contribution >= 4 is 22.7 Å². The molecule has 2 aromatic carbocycles. The Kier molecular flexibility index (Phi) is 4.30. The number of rotatable bonds is 3. The second-order valence-electron chi connectivity index (χ2n) is 4.63. The molecule has 0 fully saturated rings. The third-order valence-corrected chi connectivity index (χ3v) is 4.19. The van der Waals surface area contributed by atoms with Crippen LogP contribution < -0.4 is 0 Å². The average Bonchev–Trinajstić information content (AvgIpc) is 2.94. The van der Waals surface area contributed by atoms with E-state index in [0.29, 0.717) is 0 Å². The van der Waals surface area contributed by atoms with Gasteiger partial charge in [0.05, 0.1) is 5.03 Å². The van der Waals surface area contributed by atoms with Crippen LogP contribution in [0.3, 0.4) is 0 Å². The number of fused-ring (bicyclic) bond motifs is 1. The Morgan fingerprint density at radius 2 is 1.86 bits per heavy atom. The molecule has 2 nitrogen and oxygen atoms in total. The maximum atomic E-state index is 8.82. The first-order valence-corrected chi connectivity index (χ1v) is 7.73. The number of aliphatic hydroxyl groups is 1. The van der Waals surface area contributed by atoms with Gasteiger partial charge in [-0.1, -0.05) is 48.2 Å². The number of aliphatic hydroxyl groups excluding tert-OH is 1. The molecule has 0 saturated heterocycles. The molecule has 0 spiro atoms. The lowest BCUT2D eigenvalue weighted by atomic mass is 10.1. The van der Waals surface area contributed by atoms with Crippen LogP contribution >= 0.6 is 11.8 Å². The van der Waals surface area contributed by atoms with E-state index in [-0.39, 0.29) is 6.61 Å². The monoisotopic (exact) mass is 293 g/mol. The van der Waals surface area contributed by atoms with Crippen LogP contribution in [-0.2, 0) is 5.75 Å². The minimum Gasteiger partial charge on any atom is -0.384 e. The van der Waals surface area contributed by atoms with Gasteiger partial charge in [0.15, 0.2) is 0 Å². The molecule has 3 rings (SSSR count). The summed E-state index contributed by atoms with van der Waals surface area (Å²) >= 11 is 1.76. The summed E-state index contributed by atoms with van der Waals surface area (Å²) in [7, 11) is 0. The number of para-hydroxylation sites is 1.